The number of nitrogens with zero attached hydrogens (tertiary/aromatic N) is 2. The van der Waals surface area contributed by atoms with Crippen LogP contribution in [0.4, 0.5) is 34.1 Å². The van der Waals surface area contributed by atoms with Crippen LogP contribution in [0.15, 0.2) is 356 Å². The van der Waals surface area contributed by atoms with E-state index in [0.29, 0.717) is 0 Å². The summed E-state index contributed by atoms with van der Waals surface area (Å²) in [5.74, 6) is 0. The van der Waals surface area contributed by atoms with E-state index in [0.717, 1.165) is 94.8 Å². The van der Waals surface area contributed by atoms with Gasteiger partial charge in [-0.2, -0.15) is 0 Å². The second-order valence-corrected chi connectivity index (χ2v) is 23.6. The fraction of sp³-hybridized carbons (Fsp3) is 0. The summed E-state index contributed by atoms with van der Waals surface area (Å²) in [6, 6.07) is 128. The van der Waals surface area contributed by atoms with Crippen molar-refractivity contribution in [2.24, 2.45) is 0 Å². The summed E-state index contributed by atoms with van der Waals surface area (Å²) in [7, 11) is 0. The predicted octanol–water partition coefficient (Wildman–Crippen LogP) is 25.1. The Hall–Kier alpha value is -12.0. The molecule has 0 saturated carbocycles. The molecule has 0 aliphatic carbocycles. The van der Waals surface area contributed by atoms with Gasteiger partial charge in [-0.15, -0.1) is 0 Å². The highest BCUT2D eigenvalue weighted by molar-refractivity contribution is 6.11. The molecule has 0 atom stereocenters. The van der Waals surface area contributed by atoms with Crippen LogP contribution in [0, 0.1) is 0 Å². The molecule has 0 fully saturated rings. The Morgan fingerprint density at radius 1 is 0.176 bits per heavy atom. The fourth-order valence-corrected chi connectivity index (χ4v) is 13.8. The van der Waals surface area contributed by atoms with E-state index < -0.39 is 0 Å². The van der Waals surface area contributed by atoms with Gasteiger partial charge in [-0.25, -0.2) is 0 Å². The maximum atomic E-state index is 6.32. The molecule has 17 rings (SSSR count). The zero-order valence-electron chi connectivity index (χ0n) is 49.8. The van der Waals surface area contributed by atoms with Gasteiger partial charge in [0.05, 0.1) is 11.4 Å². The number of para-hydroxylation sites is 2. The quantitative estimate of drug-likeness (QED) is 0.114. The monoisotopic (exact) mass is 1160 g/mol. The van der Waals surface area contributed by atoms with Crippen molar-refractivity contribution in [1.29, 1.82) is 0 Å². The van der Waals surface area contributed by atoms with Crippen LogP contribution in [0.3, 0.4) is 0 Å². The van der Waals surface area contributed by atoms with Crippen LogP contribution in [-0.4, -0.2) is 0 Å². The molecule has 0 saturated heterocycles. The standard InChI is InChI=1S/C88H58N2O/c1-3-18-59(19-4-1)60-36-38-64(39-37-60)80-29-11-13-34-85(80)90(86-53-52-77(61-20-5-2-6-21-61)81-30-9-10-31-82(81)86)73-27-16-25-66(56-73)65-24-15-26-72(55-65)89(71-46-42-63(43-47-71)76-33-17-23-62-22-7-8-28-75(62)76)74-48-51-79-70(57-74)41-40-69-54-67(44-49-78(69)79)68-45-50-84-83-32-12-14-35-87(83)91-88(84)58-68/h1-58H. The zero-order chi connectivity index (χ0) is 60.2. The van der Waals surface area contributed by atoms with Gasteiger partial charge in [0.25, 0.3) is 0 Å². The van der Waals surface area contributed by atoms with Gasteiger partial charge < -0.3 is 14.2 Å². The number of fused-ring (bicyclic) bond motifs is 8. The molecule has 1 aromatic heterocycles. The second-order valence-electron chi connectivity index (χ2n) is 23.6. The highest BCUT2D eigenvalue weighted by Crippen LogP contribution is 2.48. The Morgan fingerprint density at radius 2 is 0.626 bits per heavy atom. The van der Waals surface area contributed by atoms with E-state index in [4.69, 9.17) is 4.42 Å². The SMILES string of the molecule is c1ccc(-c2ccc(-c3ccccc3N(c3cccc(-c4cccc(N(c5ccc(-c6cccc7ccccc67)cc5)c5ccc6c(ccc7cc(-c8ccc9c(c8)oc8ccccc89)ccc76)c5)c4)c3)c3ccc(-c4ccccc4)c4ccccc34)cc2)cc1. The molecule has 1 heterocycles. The number of benzene rings is 16. The van der Waals surface area contributed by atoms with E-state index in [-0.39, 0.29) is 0 Å². The molecule has 0 spiro atoms. The van der Waals surface area contributed by atoms with Gasteiger partial charge in [0.1, 0.15) is 11.2 Å². The van der Waals surface area contributed by atoms with Gasteiger partial charge in [0.2, 0.25) is 0 Å². The summed E-state index contributed by atoms with van der Waals surface area (Å²) >= 11 is 0. The highest BCUT2D eigenvalue weighted by Gasteiger charge is 2.23. The van der Waals surface area contributed by atoms with Gasteiger partial charge in [-0.05, 0) is 184 Å². The average Bonchev–Trinajstić information content (AvgIpc) is 1.14. The van der Waals surface area contributed by atoms with Crippen LogP contribution in [0.1, 0.15) is 0 Å². The Labute approximate surface area is 528 Å². The summed E-state index contributed by atoms with van der Waals surface area (Å²) in [6.07, 6.45) is 0. The lowest BCUT2D eigenvalue weighted by Crippen LogP contribution is -2.12. The van der Waals surface area contributed by atoms with Crippen molar-refractivity contribution < 1.29 is 4.42 Å². The lowest BCUT2D eigenvalue weighted by Gasteiger charge is -2.30. The molecule has 17 aromatic rings. The maximum absolute atomic E-state index is 6.32. The topological polar surface area (TPSA) is 19.6 Å². The molecule has 426 valence electrons. The van der Waals surface area contributed by atoms with Crippen molar-refractivity contribution in [2.45, 2.75) is 0 Å². The number of hydrogen-bond donors (Lipinski definition) is 0. The van der Waals surface area contributed by atoms with Crippen LogP contribution in [0.5, 0.6) is 0 Å². The van der Waals surface area contributed by atoms with Crippen LogP contribution in [0.2, 0.25) is 0 Å². The Kier molecular flexibility index (Phi) is 13.2. The minimum atomic E-state index is 0.900. The number of furan rings is 1. The summed E-state index contributed by atoms with van der Waals surface area (Å²) in [5.41, 5.74) is 22.2. The largest absolute Gasteiger partial charge is 0.456 e. The Balaban J connectivity index is 0.781. The number of anilines is 6. The third-order valence-electron chi connectivity index (χ3n) is 18.2. The summed E-state index contributed by atoms with van der Waals surface area (Å²) in [5, 5.41) is 11.9. The molecule has 0 N–H and O–H groups in total. The second kappa shape index (κ2) is 22.6. The van der Waals surface area contributed by atoms with E-state index in [1.165, 1.54) is 71.1 Å². The minimum absolute atomic E-state index is 0.900. The van der Waals surface area contributed by atoms with E-state index >= 15 is 0 Å². The first-order valence-electron chi connectivity index (χ1n) is 31.2. The lowest BCUT2D eigenvalue weighted by atomic mass is 9.95. The van der Waals surface area contributed by atoms with E-state index in [2.05, 4.69) is 350 Å². The molecule has 91 heavy (non-hydrogen) atoms. The minimum Gasteiger partial charge on any atom is -0.456 e. The fourth-order valence-electron chi connectivity index (χ4n) is 13.8. The van der Waals surface area contributed by atoms with Crippen molar-refractivity contribution in [3.63, 3.8) is 0 Å². The smallest absolute Gasteiger partial charge is 0.136 e. The van der Waals surface area contributed by atoms with Gasteiger partial charge in [0, 0.05) is 44.5 Å². The van der Waals surface area contributed by atoms with Crippen LogP contribution >= 0.6 is 0 Å². The molecule has 0 unspecified atom stereocenters. The lowest BCUT2D eigenvalue weighted by molar-refractivity contribution is 0.669. The molecule has 0 aliphatic rings. The van der Waals surface area contributed by atoms with Crippen molar-refractivity contribution in [2.75, 3.05) is 9.80 Å². The first-order chi connectivity index (χ1) is 45.1. The Bertz CT molecular complexity index is 5590. The van der Waals surface area contributed by atoms with Gasteiger partial charge in [0.15, 0.2) is 0 Å². The number of hydrogen-bond acceptors (Lipinski definition) is 3. The first kappa shape index (κ1) is 53.2. The van der Waals surface area contributed by atoms with Crippen molar-refractivity contribution in [1.82, 2.24) is 0 Å². The highest BCUT2D eigenvalue weighted by atomic mass is 16.3. The summed E-state index contributed by atoms with van der Waals surface area (Å²) < 4.78 is 6.32. The van der Waals surface area contributed by atoms with Crippen LogP contribution < -0.4 is 9.80 Å². The molecule has 0 aliphatic heterocycles. The summed E-state index contributed by atoms with van der Waals surface area (Å²) in [6.45, 7) is 0. The molecule has 3 heteroatoms. The molecule has 0 radical (unpaired) electrons. The molecule has 0 bridgehead atoms. The molecular formula is C88H58N2O. The van der Waals surface area contributed by atoms with E-state index in [9.17, 15) is 0 Å². The summed E-state index contributed by atoms with van der Waals surface area (Å²) in [4.78, 5) is 4.88. The molecular weight excluding hydrogens is 1100 g/mol. The predicted molar refractivity (Wildman–Crippen MR) is 386 cm³/mol. The van der Waals surface area contributed by atoms with Gasteiger partial charge in [-0.1, -0.05) is 267 Å². The molecule has 0 amide bonds. The third kappa shape index (κ3) is 9.73. The van der Waals surface area contributed by atoms with E-state index in [1.54, 1.807) is 0 Å². The van der Waals surface area contributed by atoms with Crippen LogP contribution in [0.25, 0.3) is 132 Å². The molecule has 3 nitrogen and oxygen atoms in total. The van der Waals surface area contributed by atoms with Gasteiger partial charge >= 0.3 is 0 Å². The van der Waals surface area contributed by atoms with Crippen LogP contribution in [-0.2, 0) is 0 Å². The molecule has 16 aromatic carbocycles. The maximum Gasteiger partial charge on any atom is 0.136 e. The average molecular weight is 1160 g/mol. The number of rotatable bonds is 12. The van der Waals surface area contributed by atoms with Gasteiger partial charge in [-0.3, -0.25) is 0 Å². The van der Waals surface area contributed by atoms with Crippen molar-refractivity contribution >= 4 is 99.2 Å². The first-order valence-corrected chi connectivity index (χ1v) is 31.2. The third-order valence-corrected chi connectivity index (χ3v) is 18.2. The van der Waals surface area contributed by atoms with Crippen molar-refractivity contribution in [3.05, 3.63) is 352 Å². The van der Waals surface area contributed by atoms with E-state index in [1.807, 2.05) is 12.1 Å². The Morgan fingerprint density at radius 3 is 1.40 bits per heavy atom. The zero-order valence-corrected chi connectivity index (χ0v) is 49.8. The van der Waals surface area contributed by atoms with Crippen molar-refractivity contribution in [3.8, 4) is 66.8 Å². The normalized spacial score (nSPS) is 11.5.